The number of aromatic amines is 1. The molecule has 96 valence electrons. The largest absolute Gasteiger partial charge is 0.355 e. The number of aromatic nitrogens is 2. The molecule has 0 spiro atoms. The molecule has 2 heterocycles. The van der Waals surface area contributed by atoms with Crippen LogP contribution in [0.15, 0.2) is 21.9 Å². The first-order valence-electron chi connectivity index (χ1n) is 6.05. The lowest BCUT2D eigenvalue weighted by Gasteiger charge is -2.17. The fraction of sp³-hybridized carbons (Fsp3) is 0.667. The quantitative estimate of drug-likeness (QED) is 0.809. The molecule has 0 aliphatic carbocycles. The molecular formula is C12H20N2O3. The summed E-state index contributed by atoms with van der Waals surface area (Å²) in [4.78, 5) is 24.6. The number of nitrogens with zero attached hydrogens (tertiary/aromatic N) is 1. The lowest BCUT2D eigenvalue weighted by molar-refractivity contribution is -0.00556. The summed E-state index contributed by atoms with van der Waals surface area (Å²) in [6.07, 6.45) is 2.31. The Balaban J connectivity index is 0.000000686. The van der Waals surface area contributed by atoms with Crippen LogP contribution in [0.2, 0.25) is 0 Å². The van der Waals surface area contributed by atoms with Crippen LogP contribution in [-0.4, -0.2) is 15.7 Å². The molecule has 1 N–H and O–H groups in total. The Hall–Kier alpha value is -1.36. The summed E-state index contributed by atoms with van der Waals surface area (Å²) >= 11 is 0. The van der Waals surface area contributed by atoms with E-state index in [0.29, 0.717) is 0 Å². The Morgan fingerprint density at radius 2 is 2.00 bits per heavy atom. The van der Waals surface area contributed by atoms with Crippen molar-refractivity contribution in [3.63, 3.8) is 0 Å². The summed E-state index contributed by atoms with van der Waals surface area (Å²) in [5.74, 6) is 0.281. The Morgan fingerprint density at radius 1 is 1.35 bits per heavy atom. The SMILES string of the molecule is CC.CC1CC(C)C(n2ccc(=O)[nH]c2=O)O1. The lowest BCUT2D eigenvalue weighted by atomic mass is 10.1. The highest BCUT2D eigenvalue weighted by Crippen LogP contribution is 2.32. The number of H-pyrrole nitrogens is 1. The molecule has 3 atom stereocenters. The molecule has 0 saturated carbocycles. The van der Waals surface area contributed by atoms with Crippen molar-refractivity contribution in [2.45, 2.75) is 46.4 Å². The first-order valence-corrected chi connectivity index (χ1v) is 6.05. The molecule has 0 bridgehead atoms. The molecule has 1 aromatic heterocycles. The summed E-state index contributed by atoms with van der Waals surface area (Å²) < 4.78 is 7.06. The molecule has 1 fully saturated rings. The van der Waals surface area contributed by atoms with Crippen molar-refractivity contribution in [3.05, 3.63) is 33.1 Å². The van der Waals surface area contributed by atoms with E-state index in [2.05, 4.69) is 4.98 Å². The molecule has 2 rings (SSSR count). The van der Waals surface area contributed by atoms with Crippen molar-refractivity contribution in [1.29, 1.82) is 0 Å². The zero-order chi connectivity index (χ0) is 13.0. The highest BCUT2D eigenvalue weighted by Gasteiger charge is 2.31. The van der Waals surface area contributed by atoms with Gasteiger partial charge in [0.2, 0.25) is 0 Å². The van der Waals surface area contributed by atoms with E-state index in [0.717, 1.165) is 6.42 Å². The Bertz CT molecular complexity index is 463. The van der Waals surface area contributed by atoms with Crippen LogP contribution in [0.1, 0.15) is 40.3 Å². The van der Waals surface area contributed by atoms with Gasteiger partial charge in [0.05, 0.1) is 6.10 Å². The fourth-order valence-electron chi connectivity index (χ4n) is 2.04. The second-order valence-corrected chi connectivity index (χ2v) is 4.07. The molecule has 0 radical (unpaired) electrons. The van der Waals surface area contributed by atoms with Crippen molar-refractivity contribution < 1.29 is 4.74 Å². The average molecular weight is 240 g/mol. The van der Waals surface area contributed by atoms with E-state index in [1.54, 1.807) is 0 Å². The number of hydrogen-bond acceptors (Lipinski definition) is 3. The van der Waals surface area contributed by atoms with E-state index in [1.807, 2.05) is 27.7 Å². The van der Waals surface area contributed by atoms with Gasteiger partial charge >= 0.3 is 5.69 Å². The zero-order valence-electron chi connectivity index (χ0n) is 10.8. The Kier molecular flexibility index (Phi) is 4.69. The monoisotopic (exact) mass is 240 g/mol. The van der Waals surface area contributed by atoms with E-state index < -0.39 is 5.69 Å². The predicted molar refractivity (Wildman–Crippen MR) is 66.0 cm³/mol. The molecule has 0 aromatic carbocycles. The minimum absolute atomic E-state index is 0.156. The molecule has 1 aliphatic rings. The number of nitrogens with one attached hydrogen (secondary N) is 1. The van der Waals surface area contributed by atoms with E-state index in [-0.39, 0.29) is 23.8 Å². The molecule has 1 saturated heterocycles. The lowest BCUT2D eigenvalue weighted by Crippen LogP contribution is -2.33. The van der Waals surface area contributed by atoms with Gasteiger partial charge < -0.3 is 4.74 Å². The minimum atomic E-state index is -0.409. The number of rotatable bonds is 1. The topological polar surface area (TPSA) is 64.1 Å². The van der Waals surface area contributed by atoms with E-state index >= 15 is 0 Å². The zero-order valence-corrected chi connectivity index (χ0v) is 10.8. The van der Waals surface area contributed by atoms with Gasteiger partial charge in [-0.2, -0.15) is 0 Å². The van der Waals surface area contributed by atoms with Gasteiger partial charge in [-0.3, -0.25) is 14.3 Å². The molecule has 5 heteroatoms. The summed E-state index contributed by atoms with van der Waals surface area (Å²) in [7, 11) is 0. The third-order valence-corrected chi connectivity index (χ3v) is 2.69. The van der Waals surface area contributed by atoms with Crippen LogP contribution in [0, 0.1) is 5.92 Å². The third-order valence-electron chi connectivity index (χ3n) is 2.69. The van der Waals surface area contributed by atoms with Crippen molar-refractivity contribution in [2.75, 3.05) is 0 Å². The van der Waals surface area contributed by atoms with Gasteiger partial charge in [0.1, 0.15) is 6.23 Å². The molecule has 1 aliphatic heterocycles. The summed E-state index contributed by atoms with van der Waals surface area (Å²) in [5, 5.41) is 0. The molecule has 17 heavy (non-hydrogen) atoms. The Morgan fingerprint density at radius 3 is 2.47 bits per heavy atom. The van der Waals surface area contributed by atoms with Gasteiger partial charge in [0.15, 0.2) is 0 Å². The number of hydrogen-bond donors (Lipinski definition) is 1. The normalized spacial score (nSPS) is 27.4. The van der Waals surface area contributed by atoms with E-state index in [1.165, 1.54) is 16.8 Å². The minimum Gasteiger partial charge on any atom is -0.355 e. The van der Waals surface area contributed by atoms with Crippen molar-refractivity contribution in [1.82, 2.24) is 9.55 Å². The van der Waals surface area contributed by atoms with E-state index in [9.17, 15) is 9.59 Å². The molecule has 5 nitrogen and oxygen atoms in total. The number of ether oxygens (including phenoxy) is 1. The maximum atomic E-state index is 11.5. The molecule has 3 unspecified atom stereocenters. The van der Waals surface area contributed by atoms with E-state index in [4.69, 9.17) is 4.74 Å². The average Bonchev–Trinajstić information content (AvgIpc) is 2.61. The van der Waals surface area contributed by atoms with Crippen LogP contribution in [0.4, 0.5) is 0 Å². The Labute approximate surface area is 100 Å². The van der Waals surface area contributed by atoms with Crippen LogP contribution < -0.4 is 11.2 Å². The third kappa shape index (κ3) is 3.06. The van der Waals surface area contributed by atoms with Crippen LogP contribution >= 0.6 is 0 Å². The smallest absolute Gasteiger partial charge is 0.330 e. The highest BCUT2D eigenvalue weighted by molar-refractivity contribution is 4.87. The first-order chi connectivity index (χ1) is 8.08. The van der Waals surface area contributed by atoms with Crippen molar-refractivity contribution >= 4 is 0 Å². The summed E-state index contributed by atoms with van der Waals surface area (Å²) in [6, 6.07) is 1.33. The molecular weight excluding hydrogens is 220 g/mol. The second kappa shape index (κ2) is 5.82. The van der Waals surface area contributed by atoms with Crippen molar-refractivity contribution in [2.24, 2.45) is 5.92 Å². The van der Waals surface area contributed by atoms with Crippen LogP contribution in [0.25, 0.3) is 0 Å². The fourth-order valence-corrected chi connectivity index (χ4v) is 2.04. The van der Waals surface area contributed by atoms with Gasteiger partial charge in [-0.25, -0.2) is 4.79 Å². The summed E-state index contributed by atoms with van der Waals surface area (Å²) in [5.41, 5.74) is -0.789. The van der Waals surface area contributed by atoms with Gasteiger partial charge in [-0.05, 0) is 13.3 Å². The summed E-state index contributed by atoms with van der Waals surface area (Å²) in [6.45, 7) is 8.01. The van der Waals surface area contributed by atoms with Crippen LogP contribution in [-0.2, 0) is 4.74 Å². The maximum absolute atomic E-state index is 11.5. The molecule has 0 amide bonds. The van der Waals surface area contributed by atoms with Crippen LogP contribution in [0.5, 0.6) is 0 Å². The predicted octanol–water partition coefficient (Wildman–Crippen LogP) is 1.51. The standard InChI is InChI=1S/C10H14N2O3.C2H6/c1-6-5-7(2)15-9(6)12-4-3-8(13)11-10(12)14;1-2/h3-4,6-7,9H,5H2,1-2H3,(H,11,13,14);1-2H3. The first kappa shape index (κ1) is 13.7. The van der Waals surface area contributed by atoms with Crippen molar-refractivity contribution in [3.8, 4) is 0 Å². The van der Waals surface area contributed by atoms with Gasteiger partial charge in [-0.15, -0.1) is 0 Å². The second-order valence-electron chi connectivity index (χ2n) is 4.07. The maximum Gasteiger partial charge on any atom is 0.330 e. The van der Waals surface area contributed by atoms with Gasteiger partial charge in [0, 0.05) is 18.2 Å². The highest BCUT2D eigenvalue weighted by atomic mass is 16.5. The molecule has 1 aromatic rings. The van der Waals surface area contributed by atoms with Gasteiger partial charge in [0.25, 0.3) is 5.56 Å². The van der Waals surface area contributed by atoms with Gasteiger partial charge in [-0.1, -0.05) is 20.8 Å². The van der Waals surface area contributed by atoms with Crippen LogP contribution in [0.3, 0.4) is 0 Å².